The van der Waals surface area contributed by atoms with Gasteiger partial charge in [0.15, 0.2) is 0 Å². The van der Waals surface area contributed by atoms with Crippen molar-refractivity contribution in [2.75, 3.05) is 27.7 Å². The molecule has 0 radical (unpaired) electrons. The molecule has 0 aliphatic carbocycles. The molecule has 31 heavy (non-hydrogen) atoms. The summed E-state index contributed by atoms with van der Waals surface area (Å²) in [5.41, 5.74) is 1.82. The molecular formula is C22H28ClN3O4S. The molecule has 0 atom stereocenters. The Balaban J connectivity index is 2.20. The van der Waals surface area contributed by atoms with Crippen LogP contribution in [0, 0.1) is 0 Å². The molecule has 0 saturated heterocycles. The minimum absolute atomic E-state index is 0.0170. The van der Waals surface area contributed by atoms with E-state index in [-0.39, 0.29) is 16.7 Å². The van der Waals surface area contributed by atoms with Crippen LogP contribution in [-0.4, -0.2) is 53.3 Å². The highest BCUT2D eigenvalue weighted by molar-refractivity contribution is 7.90. The predicted octanol–water partition coefficient (Wildman–Crippen LogP) is 3.72. The first-order valence-electron chi connectivity index (χ1n) is 9.76. The van der Waals surface area contributed by atoms with E-state index in [4.69, 9.17) is 16.3 Å². The second-order valence-electron chi connectivity index (χ2n) is 7.54. The van der Waals surface area contributed by atoms with Gasteiger partial charge in [0.05, 0.1) is 17.6 Å². The first-order chi connectivity index (χ1) is 14.5. The van der Waals surface area contributed by atoms with Crippen LogP contribution in [0.25, 0.3) is 0 Å². The fourth-order valence-corrected chi connectivity index (χ4v) is 4.42. The molecule has 0 fully saturated rings. The summed E-state index contributed by atoms with van der Waals surface area (Å²) in [6.45, 7) is 4.18. The Kier molecular flexibility index (Phi) is 8.47. The Morgan fingerprint density at radius 3 is 2.55 bits per heavy atom. The zero-order valence-electron chi connectivity index (χ0n) is 18.3. The highest BCUT2D eigenvalue weighted by Gasteiger charge is 2.20. The van der Waals surface area contributed by atoms with Gasteiger partial charge < -0.3 is 15.0 Å². The third-order valence-corrected chi connectivity index (χ3v) is 6.02. The Bertz CT molecular complexity index is 1070. The molecule has 0 unspecified atom stereocenters. The monoisotopic (exact) mass is 465 g/mol. The molecule has 0 heterocycles. The minimum Gasteiger partial charge on any atom is -0.496 e. The summed E-state index contributed by atoms with van der Waals surface area (Å²) in [7, 11) is 1.05. The van der Waals surface area contributed by atoms with Gasteiger partial charge in [0, 0.05) is 25.7 Å². The van der Waals surface area contributed by atoms with E-state index in [9.17, 15) is 13.2 Å². The molecule has 0 bridgehead atoms. The van der Waals surface area contributed by atoms with Crippen LogP contribution in [-0.2, 0) is 16.4 Å². The molecule has 7 nitrogen and oxygen atoms in total. The lowest BCUT2D eigenvalue weighted by molar-refractivity contribution is 0.0951. The molecule has 0 spiro atoms. The molecule has 0 aliphatic heterocycles. The molecule has 0 aromatic heterocycles. The van der Waals surface area contributed by atoms with Crippen molar-refractivity contribution in [3.05, 3.63) is 58.1 Å². The van der Waals surface area contributed by atoms with Crippen molar-refractivity contribution in [3.63, 3.8) is 0 Å². The van der Waals surface area contributed by atoms with Crippen LogP contribution in [0.1, 0.15) is 41.3 Å². The number of methoxy groups -OCH3 is 1. The number of hydrogen-bond donors (Lipinski definition) is 1. The number of nitrogens with one attached hydrogen (secondary N) is 1. The standard InChI is InChI=1S/C22H28ClN3O4S/c1-15(2)18-8-6-16(12-21(18)31(28,29)25-14-26(3)4)10-11-24-22(27)19-13-17(23)7-9-20(19)30-5/h6-9,12-15H,10-11H2,1-5H3,(H,24,27)/b25-14+. The van der Waals surface area contributed by atoms with Crippen LogP contribution < -0.4 is 10.1 Å². The largest absolute Gasteiger partial charge is 0.496 e. The van der Waals surface area contributed by atoms with E-state index in [0.717, 1.165) is 5.56 Å². The molecule has 2 rings (SSSR count). The first kappa shape index (κ1) is 24.7. The maximum absolute atomic E-state index is 12.8. The molecule has 9 heteroatoms. The molecule has 1 N–H and O–H groups in total. The number of ether oxygens (including phenoxy) is 1. The maximum Gasteiger partial charge on any atom is 0.283 e. The Hall–Kier alpha value is -2.58. The first-order valence-corrected chi connectivity index (χ1v) is 11.6. The number of amides is 1. The second-order valence-corrected chi connectivity index (χ2v) is 9.57. The number of halogens is 1. The smallest absolute Gasteiger partial charge is 0.283 e. The maximum atomic E-state index is 12.8. The van der Waals surface area contributed by atoms with Crippen molar-refractivity contribution in [3.8, 4) is 5.75 Å². The van der Waals surface area contributed by atoms with Crippen LogP contribution in [0.15, 0.2) is 45.7 Å². The van der Waals surface area contributed by atoms with Crippen molar-refractivity contribution in [2.45, 2.75) is 31.1 Å². The lowest BCUT2D eigenvalue weighted by atomic mass is 10.0. The average Bonchev–Trinajstić information content (AvgIpc) is 2.72. The fraction of sp³-hybridized carbons (Fsp3) is 0.364. The summed E-state index contributed by atoms with van der Waals surface area (Å²) in [6, 6.07) is 10.1. The van der Waals surface area contributed by atoms with Gasteiger partial charge in [-0.3, -0.25) is 4.79 Å². The summed E-state index contributed by atoms with van der Waals surface area (Å²) < 4.78 is 34.5. The predicted molar refractivity (Wildman–Crippen MR) is 124 cm³/mol. The lowest BCUT2D eigenvalue weighted by Crippen LogP contribution is -2.26. The van der Waals surface area contributed by atoms with Crippen LogP contribution in [0.4, 0.5) is 0 Å². The topological polar surface area (TPSA) is 88.1 Å². The van der Waals surface area contributed by atoms with Crippen molar-refractivity contribution in [1.82, 2.24) is 10.2 Å². The molecule has 1 amide bonds. The van der Waals surface area contributed by atoms with E-state index in [0.29, 0.717) is 34.9 Å². The van der Waals surface area contributed by atoms with Crippen LogP contribution in [0.2, 0.25) is 5.02 Å². The summed E-state index contributed by atoms with van der Waals surface area (Å²) in [4.78, 5) is 14.3. The van der Waals surface area contributed by atoms with Gasteiger partial charge in [-0.2, -0.15) is 8.42 Å². The number of nitrogens with zero attached hydrogens (tertiary/aromatic N) is 2. The lowest BCUT2D eigenvalue weighted by Gasteiger charge is -2.14. The summed E-state index contributed by atoms with van der Waals surface area (Å²) in [5, 5.41) is 3.26. The Morgan fingerprint density at radius 1 is 1.23 bits per heavy atom. The molecule has 2 aromatic rings. The second kappa shape index (κ2) is 10.6. The number of rotatable bonds is 9. The number of carbonyl (C=O) groups excluding carboxylic acids is 1. The number of hydrogen-bond acceptors (Lipinski definition) is 4. The minimum atomic E-state index is -3.84. The van der Waals surface area contributed by atoms with Gasteiger partial charge in [-0.1, -0.05) is 37.6 Å². The Morgan fingerprint density at radius 2 is 1.94 bits per heavy atom. The van der Waals surface area contributed by atoms with Gasteiger partial charge >= 0.3 is 0 Å². The summed E-state index contributed by atoms with van der Waals surface area (Å²) in [6.07, 6.45) is 1.72. The highest BCUT2D eigenvalue weighted by Crippen LogP contribution is 2.27. The van der Waals surface area contributed by atoms with E-state index < -0.39 is 10.0 Å². The zero-order valence-corrected chi connectivity index (χ0v) is 19.9. The van der Waals surface area contributed by atoms with Crippen molar-refractivity contribution >= 4 is 33.9 Å². The van der Waals surface area contributed by atoms with Gasteiger partial charge in [-0.05, 0) is 47.7 Å². The van der Waals surface area contributed by atoms with Gasteiger partial charge in [0.25, 0.3) is 15.9 Å². The number of carbonyl (C=O) groups is 1. The molecule has 2 aromatic carbocycles. The van der Waals surface area contributed by atoms with E-state index in [2.05, 4.69) is 9.71 Å². The van der Waals surface area contributed by atoms with Gasteiger partial charge in [0.2, 0.25) is 0 Å². The molecule has 168 valence electrons. The van der Waals surface area contributed by atoms with E-state index >= 15 is 0 Å². The van der Waals surface area contributed by atoms with Crippen molar-refractivity contribution in [2.24, 2.45) is 4.40 Å². The Labute approximate surface area is 189 Å². The van der Waals surface area contributed by atoms with E-state index in [1.54, 1.807) is 49.3 Å². The molecular weight excluding hydrogens is 438 g/mol. The van der Waals surface area contributed by atoms with Crippen molar-refractivity contribution < 1.29 is 17.9 Å². The SMILES string of the molecule is COc1ccc(Cl)cc1C(=O)NCCc1ccc(C(C)C)c(S(=O)(=O)/N=C/N(C)C)c1. The number of benzene rings is 2. The third kappa shape index (κ3) is 6.70. The van der Waals surface area contributed by atoms with Crippen LogP contribution >= 0.6 is 11.6 Å². The normalized spacial score (nSPS) is 11.7. The van der Waals surface area contributed by atoms with E-state index in [1.165, 1.54) is 13.4 Å². The van der Waals surface area contributed by atoms with Crippen LogP contribution in [0.3, 0.4) is 0 Å². The molecule has 0 aliphatic rings. The summed E-state index contributed by atoms with van der Waals surface area (Å²) >= 11 is 5.99. The van der Waals surface area contributed by atoms with Crippen molar-refractivity contribution in [1.29, 1.82) is 0 Å². The summed E-state index contributed by atoms with van der Waals surface area (Å²) in [5.74, 6) is 0.125. The van der Waals surface area contributed by atoms with Gasteiger partial charge in [-0.15, -0.1) is 4.40 Å². The average molecular weight is 466 g/mol. The van der Waals surface area contributed by atoms with Gasteiger partial charge in [0.1, 0.15) is 12.1 Å². The highest BCUT2D eigenvalue weighted by atomic mass is 35.5. The van der Waals surface area contributed by atoms with Crippen LogP contribution in [0.5, 0.6) is 5.75 Å². The quantitative estimate of drug-likeness (QED) is 0.450. The van der Waals surface area contributed by atoms with Gasteiger partial charge in [-0.25, -0.2) is 0 Å². The zero-order chi connectivity index (χ0) is 23.2. The number of sulfonamides is 1. The third-order valence-electron chi connectivity index (χ3n) is 4.50. The molecule has 0 saturated carbocycles. The van der Waals surface area contributed by atoms with E-state index in [1.807, 2.05) is 19.9 Å². The fourth-order valence-electron chi connectivity index (χ4n) is 2.92.